The van der Waals surface area contributed by atoms with E-state index in [9.17, 15) is 0 Å². The molecule has 2 heteroatoms. The lowest BCUT2D eigenvalue weighted by molar-refractivity contribution is 0.103. The minimum absolute atomic E-state index is 0.786. The van der Waals surface area contributed by atoms with Gasteiger partial charge in [-0.05, 0) is 50.7 Å². The van der Waals surface area contributed by atoms with Crippen LogP contribution in [0.1, 0.15) is 40.0 Å². The van der Waals surface area contributed by atoms with Crippen molar-refractivity contribution in [2.75, 3.05) is 19.6 Å². The van der Waals surface area contributed by atoms with Crippen LogP contribution in [0.25, 0.3) is 0 Å². The van der Waals surface area contributed by atoms with Crippen LogP contribution in [0.5, 0.6) is 0 Å². The predicted molar refractivity (Wildman–Crippen MR) is 62.3 cm³/mol. The standard InChI is InChI=1S/C12H26N2/c1-4-12(10(2)3)14-7-5-11(9-13)6-8-14/h10-12H,4-9,13H2,1-3H3. The minimum atomic E-state index is 0.786. The second-order valence-corrected chi connectivity index (χ2v) is 4.93. The van der Waals surface area contributed by atoms with Gasteiger partial charge in [-0.25, -0.2) is 0 Å². The van der Waals surface area contributed by atoms with Crippen LogP contribution in [-0.2, 0) is 0 Å². The van der Waals surface area contributed by atoms with Crippen LogP contribution >= 0.6 is 0 Å². The quantitative estimate of drug-likeness (QED) is 0.749. The van der Waals surface area contributed by atoms with Crippen molar-refractivity contribution in [3.05, 3.63) is 0 Å². The Balaban J connectivity index is 2.39. The van der Waals surface area contributed by atoms with Gasteiger partial charge in [0.1, 0.15) is 0 Å². The molecule has 0 saturated carbocycles. The molecule has 0 aromatic heterocycles. The van der Waals surface area contributed by atoms with E-state index in [0.717, 1.165) is 24.4 Å². The molecule has 1 aliphatic heterocycles. The van der Waals surface area contributed by atoms with E-state index in [4.69, 9.17) is 5.73 Å². The fourth-order valence-corrected chi connectivity index (χ4v) is 2.67. The van der Waals surface area contributed by atoms with Gasteiger partial charge >= 0.3 is 0 Å². The molecule has 1 saturated heterocycles. The van der Waals surface area contributed by atoms with Gasteiger partial charge in [-0.2, -0.15) is 0 Å². The Bertz CT molecular complexity index is 148. The van der Waals surface area contributed by atoms with Gasteiger partial charge in [-0.1, -0.05) is 20.8 Å². The molecular formula is C12H26N2. The molecule has 0 aromatic rings. The van der Waals surface area contributed by atoms with Gasteiger partial charge in [0, 0.05) is 6.04 Å². The Morgan fingerprint density at radius 2 is 1.86 bits per heavy atom. The zero-order valence-electron chi connectivity index (χ0n) is 10.00. The maximum atomic E-state index is 5.70. The molecule has 0 radical (unpaired) electrons. The summed E-state index contributed by atoms with van der Waals surface area (Å²) in [5.74, 6) is 1.57. The molecule has 2 nitrogen and oxygen atoms in total. The third kappa shape index (κ3) is 2.96. The first kappa shape index (κ1) is 12.0. The Kier molecular flexibility index (Phi) is 4.90. The van der Waals surface area contributed by atoms with E-state index in [1.54, 1.807) is 0 Å². The first-order chi connectivity index (χ1) is 6.69. The number of hydrogen-bond donors (Lipinski definition) is 1. The fourth-order valence-electron chi connectivity index (χ4n) is 2.67. The molecule has 1 heterocycles. The van der Waals surface area contributed by atoms with E-state index in [2.05, 4.69) is 25.7 Å². The summed E-state index contributed by atoms with van der Waals surface area (Å²) in [4.78, 5) is 2.66. The minimum Gasteiger partial charge on any atom is -0.330 e. The molecule has 1 fully saturated rings. The zero-order chi connectivity index (χ0) is 10.6. The molecule has 0 aromatic carbocycles. The average Bonchev–Trinajstić information content (AvgIpc) is 2.19. The van der Waals surface area contributed by atoms with Crippen LogP contribution in [-0.4, -0.2) is 30.6 Å². The molecular weight excluding hydrogens is 172 g/mol. The van der Waals surface area contributed by atoms with Crippen molar-refractivity contribution in [2.24, 2.45) is 17.6 Å². The Morgan fingerprint density at radius 3 is 2.21 bits per heavy atom. The number of nitrogens with zero attached hydrogens (tertiary/aromatic N) is 1. The van der Waals surface area contributed by atoms with Crippen molar-refractivity contribution in [1.82, 2.24) is 4.90 Å². The van der Waals surface area contributed by atoms with E-state index in [1.165, 1.54) is 32.4 Å². The fraction of sp³-hybridized carbons (Fsp3) is 1.00. The summed E-state index contributed by atoms with van der Waals surface area (Å²) >= 11 is 0. The lowest BCUT2D eigenvalue weighted by Gasteiger charge is -2.39. The van der Waals surface area contributed by atoms with E-state index < -0.39 is 0 Å². The molecule has 0 amide bonds. The van der Waals surface area contributed by atoms with Crippen LogP contribution in [0.3, 0.4) is 0 Å². The van der Waals surface area contributed by atoms with E-state index >= 15 is 0 Å². The summed E-state index contributed by atoms with van der Waals surface area (Å²) in [5, 5.41) is 0. The number of likely N-dealkylation sites (tertiary alicyclic amines) is 1. The van der Waals surface area contributed by atoms with Crippen LogP contribution < -0.4 is 5.73 Å². The average molecular weight is 198 g/mol. The number of rotatable bonds is 4. The summed E-state index contributed by atoms with van der Waals surface area (Å²) in [6.45, 7) is 10.4. The van der Waals surface area contributed by atoms with Crippen LogP contribution in [0.4, 0.5) is 0 Å². The first-order valence-corrected chi connectivity index (χ1v) is 6.13. The molecule has 0 spiro atoms. The molecule has 84 valence electrons. The van der Waals surface area contributed by atoms with Gasteiger partial charge < -0.3 is 10.6 Å². The highest BCUT2D eigenvalue weighted by atomic mass is 15.2. The van der Waals surface area contributed by atoms with Crippen LogP contribution in [0, 0.1) is 11.8 Å². The summed E-state index contributed by atoms with van der Waals surface area (Å²) in [6.07, 6.45) is 3.89. The number of nitrogens with two attached hydrogens (primary N) is 1. The van der Waals surface area contributed by atoms with Gasteiger partial charge in [0.25, 0.3) is 0 Å². The molecule has 1 aliphatic rings. The first-order valence-electron chi connectivity index (χ1n) is 6.13. The normalized spacial score (nSPS) is 22.9. The maximum Gasteiger partial charge on any atom is 0.0116 e. The summed E-state index contributed by atoms with van der Waals surface area (Å²) < 4.78 is 0. The highest BCUT2D eigenvalue weighted by Gasteiger charge is 2.24. The predicted octanol–water partition coefficient (Wildman–Crippen LogP) is 2.09. The van der Waals surface area contributed by atoms with Crippen molar-refractivity contribution in [3.63, 3.8) is 0 Å². The van der Waals surface area contributed by atoms with E-state index in [1.807, 2.05) is 0 Å². The van der Waals surface area contributed by atoms with E-state index in [-0.39, 0.29) is 0 Å². The van der Waals surface area contributed by atoms with Gasteiger partial charge in [-0.3, -0.25) is 0 Å². The molecule has 1 unspecified atom stereocenters. The summed E-state index contributed by atoms with van der Waals surface area (Å²) in [7, 11) is 0. The summed E-state index contributed by atoms with van der Waals surface area (Å²) in [6, 6.07) is 0.786. The van der Waals surface area contributed by atoms with E-state index in [0.29, 0.717) is 0 Å². The van der Waals surface area contributed by atoms with Crippen molar-refractivity contribution < 1.29 is 0 Å². The smallest absolute Gasteiger partial charge is 0.0116 e. The van der Waals surface area contributed by atoms with Crippen molar-refractivity contribution in [2.45, 2.75) is 46.1 Å². The van der Waals surface area contributed by atoms with Crippen molar-refractivity contribution in [3.8, 4) is 0 Å². The lowest BCUT2D eigenvalue weighted by Crippen LogP contribution is -2.44. The zero-order valence-corrected chi connectivity index (χ0v) is 10.00. The topological polar surface area (TPSA) is 29.3 Å². The summed E-state index contributed by atoms with van der Waals surface area (Å²) in [5.41, 5.74) is 5.70. The van der Waals surface area contributed by atoms with Gasteiger partial charge in [-0.15, -0.1) is 0 Å². The van der Waals surface area contributed by atoms with Gasteiger partial charge in [0.2, 0.25) is 0 Å². The Hall–Kier alpha value is -0.0800. The van der Waals surface area contributed by atoms with Crippen molar-refractivity contribution in [1.29, 1.82) is 0 Å². The SMILES string of the molecule is CCC(C(C)C)N1CCC(CN)CC1. The molecule has 14 heavy (non-hydrogen) atoms. The van der Waals surface area contributed by atoms with Crippen LogP contribution in [0.2, 0.25) is 0 Å². The molecule has 1 atom stereocenters. The van der Waals surface area contributed by atoms with Gasteiger partial charge in [0.05, 0.1) is 0 Å². The monoisotopic (exact) mass is 198 g/mol. The molecule has 0 aliphatic carbocycles. The van der Waals surface area contributed by atoms with Gasteiger partial charge in [0.15, 0.2) is 0 Å². The number of hydrogen-bond acceptors (Lipinski definition) is 2. The molecule has 0 bridgehead atoms. The second-order valence-electron chi connectivity index (χ2n) is 4.93. The van der Waals surface area contributed by atoms with Crippen molar-refractivity contribution >= 4 is 0 Å². The number of piperidine rings is 1. The highest BCUT2D eigenvalue weighted by molar-refractivity contribution is 4.79. The Morgan fingerprint density at radius 1 is 1.29 bits per heavy atom. The third-order valence-electron chi connectivity index (χ3n) is 3.64. The third-order valence-corrected chi connectivity index (χ3v) is 3.64. The van der Waals surface area contributed by atoms with Crippen LogP contribution in [0.15, 0.2) is 0 Å². The Labute approximate surface area is 88.8 Å². The lowest BCUT2D eigenvalue weighted by atomic mass is 9.92. The molecule has 2 N–H and O–H groups in total. The maximum absolute atomic E-state index is 5.70. The largest absolute Gasteiger partial charge is 0.330 e. The molecule has 1 rings (SSSR count). The second kappa shape index (κ2) is 5.72. The highest BCUT2D eigenvalue weighted by Crippen LogP contribution is 2.22.